The third-order valence-electron chi connectivity index (χ3n) is 7.83. The normalized spacial score (nSPS) is 21.0. The zero-order valence-corrected chi connectivity index (χ0v) is 21.9. The van der Waals surface area contributed by atoms with Gasteiger partial charge in [-0.05, 0) is 80.0 Å². The maximum atomic E-state index is 2.70. The molecular weight excluding hydrogens is 458 g/mol. The van der Waals surface area contributed by atoms with Crippen molar-refractivity contribution in [3.05, 3.63) is 133 Å². The van der Waals surface area contributed by atoms with E-state index in [9.17, 15) is 0 Å². The maximum absolute atomic E-state index is 2.70. The zero-order chi connectivity index (χ0) is 23.5. The summed E-state index contributed by atoms with van der Waals surface area (Å²) in [6.45, 7) is 0. The predicted molar refractivity (Wildman–Crippen MR) is 156 cm³/mol. The summed E-state index contributed by atoms with van der Waals surface area (Å²) >= 11 is 0. The number of allylic oxidation sites excluding steroid dienone is 2. The molecule has 2 aliphatic rings. The smallest absolute Gasteiger partial charge is 0.00281 e. The first kappa shape index (κ1) is 22.9. The summed E-state index contributed by atoms with van der Waals surface area (Å²) in [6, 6.07) is 45.2. The molecule has 2 bridgehead atoms. The van der Waals surface area contributed by atoms with Gasteiger partial charge in [-0.3, -0.25) is 0 Å². The molecule has 0 N–H and O–H groups in total. The predicted octanol–water partition coefficient (Wildman–Crippen LogP) is 6.98. The fourth-order valence-electron chi connectivity index (χ4n) is 6.10. The Morgan fingerprint density at radius 2 is 1.00 bits per heavy atom. The summed E-state index contributed by atoms with van der Waals surface area (Å²) in [4.78, 5) is 0. The van der Waals surface area contributed by atoms with Crippen LogP contribution in [0.5, 0.6) is 0 Å². The van der Waals surface area contributed by atoms with Gasteiger partial charge in [-0.25, -0.2) is 0 Å². The average Bonchev–Trinajstić information content (AvgIpc) is 3.50. The Morgan fingerprint density at radius 3 is 1.43 bits per heavy atom. The highest BCUT2D eigenvalue weighted by atomic mass is 31.1. The largest absolute Gasteiger partial charge is 0.0812 e. The maximum Gasteiger partial charge on any atom is -0.00281 e. The Bertz CT molecular complexity index is 1190. The minimum absolute atomic E-state index is 0.353. The lowest BCUT2D eigenvalue weighted by molar-refractivity contribution is 0.434. The monoisotopic (exact) mass is 490 g/mol. The van der Waals surface area contributed by atoms with Crippen molar-refractivity contribution in [1.82, 2.24) is 0 Å². The molecule has 35 heavy (non-hydrogen) atoms. The first-order valence-electron chi connectivity index (χ1n) is 12.8. The van der Waals surface area contributed by atoms with Crippen LogP contribution in [0.15, 0.2) is 133 Å². The lowest BCUT2D eigenvalue weighted by atomic mass is 9.83. The van der Waals surface area contributed by atoms with Crippen molar-refractivity contribution in [2.45, 2.75) is 19.3 Å². The fraction of sp³-hybridized carbons (Fsp3) is 0.212. The highest BCUT2D eigenvalue weighted by Gasteiger charge is 2.48. The van der Waals surface area contributed by atoms with Crippen molar-refractivity contribution < 1.29 is 0 Å². The van der Waals surface area contributed by atoms with Crippen LogP contribution in [0, 0.1) is 11.3 Å². The Balaban J connectivity index is 1.35. The van der Waals surface area contributed by atoms with Crippen molar-refractivity contribution in [1.29, 1.82) is 0 Å². The number of rotatable bonds is 8. The first-order valence-corrected chi connectivity index (χ1v) is 15.8. The van der Waals surface area contributed by atoms with Crippen LogP contribution in [0.25, 0.3) is 0 Å². The third-order valence-corrected chi connectivity index (χ3v) is 13.1. The standard InChI is InChI=1S/C33H32P2/c1-5-13-29(14-6-1)34(30-15-7-2-8-16-30)25-28-23-27-21-22-33(28,24-27)26-35(31-17-9-3-10-18-31)32-19-11-4-12-20-32/h1-20,23,27H,21-22,24-26H2. The second-order valence-corrected chi connectivity index (χ2v) is 14.4. The van der Waals surface area contributed by atoms with Gasteiger partial charge in [-0.1, -0.05) is 133 Å². The lowest BCUT2D eigenvalue weighted by Crippen LogP contribution is -2.30. The van der Waals surface area contributed by atoms with Gasteiger partial charge in [0.15, 0.2) is 0 Å². The second kappa shape index (κ2) is 10.2. The molecule has 0 aromatic heterocycles. The van der Waals surface area contributed by atoms with E-state index < -0.39 is 7.92 Å². The molecule has 0 saturated heterocycles. The van der Waals surface area contributed by atoms with Crippen molar-refractivity contribution in [3.63, 3.8) is 0 Å². The van der Waals surface area contributed by atoms with Crippen LogP contribution >= 0.6 is 15.8 Å². The number of hydrogen-bond acceptors (Lipinski definition) is 0. The molecule has 1 saturated carbocycles. The topological polar surface area (TPSA) is 0 Å². The van der Waals surface area contributed by atoms with Gasteiger partial charge < -0.3 is 0 Å². The molecule has 2 atom stereocenters. The molecular formula is C33H32P2. The zero-order valence-electron chi connectivity index (χ0n) is 20.1. The van der Waals surface area contributed by atoms with Crippen LogP contribution in [0.2, 0.25) is 0 Å². The lowest BCUT2D eigenvalue weighted by Gasteiger charge is -2.36. The molecule has 0 spiro atoms. The first-order chi connectivity index (χ1) is 17.3. The fourth-order valence-corrected chi connectivity index (χ4v) is 11.4. The van der Waals surface area contributed by atoms with Crippen LogP contribution < -0.4 is 21.2 Å². The molecule has 0 aliphatic heterocycles. The Morgan fingerprint density at radius 1 is 0.571 bits per heavy atom. The minimum Gasteiger partial charge on any atom is -0.0812 e. The van der Waals surface area contributed by atoms with E-state index in [0.29, 0.717) is 5.41 Å². The van der Waals surface area contributed by atoms with E-state index in [0.717, 1.165) is 5.92 Å². The van der Waals surface area contributed by atoms with Gasteiger partial charge in [-0.15, -0.1) is 0 Å². The quantitative estimate of drug-likeness (QED) is 0.185. The molecule has 2 aliphatic carbocycles. The molecule has 0 amide bonds. The van der Waals surface area contributed by atoms with Crippen molar-refractivity contribution in [2.75, 3.05) is 12.3 Å². The van der Waals surface area contributed by atoms with E-state index in [4.69, 9.17) is 0 Å². The van der Waals surface area contributed by atoms with Gasteiger partial charge in [0.2, 0.25) is 0 Å². The van der Waals surface area contributed by atoms with Gasteiger partial charge in [0.25, 0.3) is 0 Å². The Kier molecular flexibility index (Phi) is 6.69. The van der Waals surface area contributed by atoms with Crippen molar-refractivity contribution in [2.24, 2.45) is 11.3 Å². The molecule has 0 radical (unpaired) electrons. The van der Waals surface area contributed by atoms with Crippen molar-refractivity contribution in [3.8, 4) is 0 Å². The van der Waals surface area contributed by atoms with E-state index in [1.807, 2.05) is 0 Å². The summed E-state index contributed by atoms with van der Waals surface area (Å²) < 4.78 is 0. The van der Waals surface area contributed by atoms with Crippen LogP contribution in [0.4, 0.5) is 0 Å². The van der Waals surface area contributed by atoms with E-state index >= 15 is 0 Å². The minimum atomic E-state index is -0.400. The number of benzene rings is 4. The summed E-state index contributed by atoms with van der Waals surface area (Å²) in [5, 5.41) is 6.04. The molecule has 2 heteroatoms. The molecule has 4 aromatic rings. The third kappa shape index (κ3) is 4.80. The van der Waals surface area contributed by atoms with Gasteiger partial charge in [0.1, 0.15) is 0 Å². The van der Waals surface area contributed by atoms with E-state index in [1.54, 1.807) is 5.57 Å². The SMILES string of the molecule is C1=C(CP(c2ccccc2)c2ccccc2)C2(CP(c3ccccc3)c3ccccc3)CCC1C2. The van der Waals surface area contributed by atoms with Crippen molar-refractivity contribution >= 4 is 37.1 Å². The summed E-state index contributed by atoms with van der Waals surface area (Å²) in [5.41, 5.74) is 2.11. The van der Waals surface area contributed by atoms with Crippen LogP contribution in [0.3, 0.4) is 0 Å². The molecule has 4 aromatic carbocycles. The van der Waals surface area contributed by atoms with Gasteiger partial charge in [-0.2, -0.15) is 0 Å². The van der Waals surface area contributed by atoms with Crippen LogP contribution in [-0.4, -0.2) is 12.3 Å². The highest BCUT2D eigenvalue weighted by Crippen LogP contribution is 2.60. The van der Waals surface area contributed by atoms with Gasteiger partial charge in [0.05, 0.1) is 0 Å². The van der Waals surface area contributed by atoms with Crippen LogP contribution in [0.1, 0.15) is 19.3 Å². The molecule has 1 fully saturated rings. The Hall–Kier alpha value is -2.52. The van der Waals surface area contributed by atoms with Gasteiger partial charge in [0, 0.05) is 0 Å². The highest BCUT2D eigenvalue weighted by molar-refractivity contribution is 7.73. The molecule has 174 valence electrons. The molecule has 6 rings (SSSR count). The molecule has 0 nitrogen and oxygen atoms in total. The van der Waals surface area contributed by atoms with E-state index in [-0.39, 0.29) is 7.92 Å². The summed E-state index contributed by atoms with van der Waals surface area (Å²) in [6.07, 6.45) is 9.26. The summed E-state index contributed by atoms with van der Waals surface area (Å²) in [5.74, 6) is 0.775. The summed E-state index contributed by atoms with van der Waals surface area (Å²) in [7, 11) is -0.783. The van der Waals surface area contributed by atoms with E-state index in [2.05, 4.69) is 127 Å². The Labute approximate surface area is 212 Å². The van der Waals surface area contributed by atoms with Gasteiger partial charge >= 0.3 is 0 Å². The van der Waals surface area contributed by atoms with E-state index in [1.165, 1.54) is 52.8 Å². The number of hydrogen-bond donors (Lipinski definition) is 0. The average molecular weight is 491 g/mol. The molecule has 2 unspecified atom stereocenters. The van der Waals surface area contributed by atoms with Crippen LogP contribution in [-0.2, 0) is 0 Å². The molecule has 0 heterocycles. The number of fused-ring (bicyclic) bond motifs is 2. The second-order valence-electron chi connectivity index (χ2n) is 9.99.